The van der Waals surface area contributed by atoms with Crippen molar-refractivity contribution in [1.29, 1.82) is 0 Å². The molecule has 38 heavy (non-hydrogen) atoms. The van der Waals surface area contributed by atoms with Crippen LogP contribution in [0.2, 0.25) is 0 Å². The number of urea groups is 1. The number of hydrogen-bond donors (Lipinski definition) is 3. The summed E-state index contributed by atoms with van der Waals surface area (Å²) in [5, 5.41) is 7.52. The first kappa shape index (κ1) is 27.1. The molecule has 0 fully saturated rings. The van der Waals surface area contributed by atoms with Crippen LogP contribution in [0.4, 0.5) is 29.3 Å². The number of imidazole rings is 1. The van der Waals surface area contributed by atoms with Crippen molar-refractivity contribution in [2.45, 2.75) is 6.18 Å². The van der Waals surface area contributed by atoms with Gasteiger partial charge in [0.25, 0.3) is 5.91 Å². The Kier molecular flexibility index (Phi) is 8.02. The molecule has 0 atom stereocenters. The number of ether oxygens (including phenoxy) is 1. The molecule has 0 radical (unpaired) electrons. The second-order valence-corrected chi connectivity index (χ2v) is 9.12. The summed E-state index contributed by atoms with van der Waals surface area (Å²) in [6, 6.07) is 11.5. The number of carbonyl (C=O) groups excluding carboxylic acids is 2. The van der Waals surface area contributed by atoms with E-state index in [9.17, 15) is 22.8 Å². The van der Waals surface area contributed by atoms with E-state index in [1.54, 1.807) is 30.3 Å². The zero-order valence-corrected chi connectivity index (χ0v) is 22.5. The quantitative estimate of drug-likeness (QED) is 0.217. The third kappa shape index (κ3) is 6.50. The van der Waals surface area contributed by atoms with Crippen molar-refractivity contribution >= 4 is 55.2 Å². The van der Waals surface area contributed by atoms with Crippen LogP contribution in [0, 0.1) is 0 Å². The molecule has 0 aliphatic rings. The lowest BCUT2D eigenvalue weighted by atomic mass is 10.1. The van der Waals surface area contributed by atoms with Crippen molar-refractivity contribution in [2.75, 3.05) is 17.7 Å². The Morgan fingerprint density at radius 3 is 2.34 bits per heavy atom. The number of anilines is 2. The van der Waals surface area contributed by atoms with Gasteiger partial charge >= 0.3 is 12.2 Å². The summed E-state index contributed by atoms with van der Waals surface area (Å²) in [5.41, 5.74) is -0.216. The van der Waals surface area contributed by atoms with Crippen LogP contribution in [0.15, 0.2) is 76.3 Å². The van der Waals surface area contributed by atoms with Crippen LogP contribution in [0.1, 0.15) is 16.1 Å². The molecule has 2 heterocycles. The van der Waals surface area contributed by atoms with E-state index in [4.69, 9.17) is 4.74 Å². The number of halogens is 5. The fourth-order valence-corrected chi connectivity index (χ4v) is 4.37. The first-order valence-electron chi connectivity index (χ1n) is 10.7. The molecule has 0 saturated heterocycles. The number of aromatic nitrogens is 3. The molecule has 2 aromatic heterocycles. The van der Waals surface area contributed by atoms with Crippen LogP contribution in [0.5, 0.6) is 11.5 Å². The standard InChI is InChI=1S/C24H17Br2F3N6O3/c1-30-21(36)18-11-16(8-9-31-18)38-15-5-3-14(4-6-15)32-23(37)33-17-10-13(24(27,28)29)2-7-19(17)35-12-20(25)34-22(35)26/h2-12H,1H3,(H,30,36)(H2,32,33,37). The maximum atomic E-state index is 13.3. The third-order valence-corrected chi connectivity index (χ3v) is 5.95. The van der Waals surface area contributed by atoms with Gasteiger partial charge in [-0.15, -0.1) is 0 Å². The highest BCUT2D eigenvalue weighted by Gasteiger charge is 2.31. The molecule has 0 bridgehead atoms. The van der Waals surface area contributed by atoms with Gasteiger partial charge in [-0.2, -0.15) is 13.2 Å². The SMILES string of the molecule is CNC(=O)c1cc(Oc2ccc(NC(=O)Nc3cc(C(F)(F)F)ccc3-n3cc(Br)nc3Br)cc2)ccn1. The maximum Gasteiger partial charge on any atom is 0.416 e. The lowest BCUT2D eigenvalue weighted by molar-refractivity contribution is -0.137. The van der Waals surface area contributed by atoms with E-state index in [-0.39, 0.29) is 23.0 Å². The van der Waals surface area contributed by atoms with Crippen LogP contribution in [-0.4, -0.2) is 33.5 Å². The number of nitrogens with one attached hydrogen (secondary N) is 3. The average molecular weight is 654 g/mol. The van der Waals surface area contributed by atoms with Crippen LogP contribution in [0.3, 0.4) is 0 Å². The smallest absolute Gasteiger partial charge is 0.416 e. The van der Waals surface area contributed by atoms with Crippen molar-refractivity contribution < 1.29 is 27.5 Å². The van der Waals surface area contributed by atoms with Crippen molar-refractivity contribution in [2.24, 2.45) is 0 Å². The number of alkyl halides is 3. The first-order valence-corrected chi connectivity index (χ1v) is 12.3. The summed E-state index contributed by atoms with van der Waals surface area (Å²) in [7, 11) is 1.49. The molecule has 0 unspecified atom stereocenters. The fourth-order valence-electron chi connectivity index (χ4n) is 3.28. The summed E-state index contributed by atoms with van der Waals surface area (Å²) in [6.07, 6.45) is -1.64. The van der Waals surface area contributed by atoms with E-state index in [1.807, 2.05) is 0 Å². The number of amides is 3. The van der Waals surface area contributed by atoms with Gasteiger partial charge in [0.1, 0.15) is 21.8 Å². The molecule has 2 aromatic carbocycles. The molecule has 4 rings (SSSR count). The minimum absolute atomic E-state index is 0.0903. The van der Waals surface area contributed by atoms with Crippen molar-refractivity contribution in [1.82, 2.24) is 19.9 Å². The first-order chi connectivity index (χ1) is 18.0. The minimum Gasteiger partial charge on any atom is -0.457 e. The van der Waals surface area contributed by atoms with Crippen molar-refractivity contribution in [3.63, 3.8) is 0 Å². The van der Waals surface area contributed by atoms with Gasteiger partial charge < -0.3 is 20.7 Å². The maximum absolute atomic E-state index is 13.3. The highest BCUT2D eigenvalue weighted by atomic mass is 79.9. The normalized spacial score (nSPS) is 11.1. The molecule has 0 aliphatic carbocycles. The number of pyridine rings is 1. The van der Waals surface area contributed by atoms with E-state index in [2.05, 4.69) is 57.8 Å². The molecule has 4 aromatic rings. The molecule has 3 amide bonds. The fraction of sp³-hybridized carbons (Fsp3) is 0.0833. The number of nitrogens with zero attached hydrogens (tertiary/aromatic N) is 3. The van der Waals surface area contributed by atoms with Gasteiger partial charge in [-0.1, -0.05) is 0 Å². The lowest BCUT2D eigenvalue weighted by Crippen LogP contribution is -2.21. The zero-order chi connectivity index (χ0) is 27.4. The Morgan fingerprint density at radius 2 is 1.71 bits per heavy atom. The summed E-state index contributed by atoms with van der Waals surface area (Å²) in [5.74, 6) is 0.435. The lowest BCUT2D eigenvalue weighted by Gasteiger charge is -2.16. The second kappa shape index (κ2) is 11.2. The van der Waals surface area contributed by atoms with E-state index >= 15 is 0 Å². The van der Waals surface area contributed by atoms with Crippen LogP contribution in [0.25, 0.3) is 5.69 Å². The summed E-state index contributed by atoms with van der Waals surface area (Å²) in [6.45, 7) is 0. The van der Waals surface area contributed by atoms with Gasteiger partial charge in [-0.3, -0.25) is 14.3 Å². The molecule has 196 valence electrons. The average Bonchev–Trinajstić information content (AvgIpc) is 3.21. The Hall–Kier alpha value is -3.91. The van der Waals surface area contributed by atoms with Gasteiger partial charge in [0.2, 0.25) is 0 Å². The Labute approximate surface area is 230 Å². The monoisotopic (exact) mass is 652 g/mol. The zero-order valence-electron chi connectivity index (χ0n) is 19.3. The predicted octanol–water partition coefficient (Wildman–Crippen LogP) is 6.61. The summed E-state index contributed by atoms with van der Waals surface area (Å²) >= 11 is 6.46. The van der Waals surface area contributed by atoms with E-state index in [0.717, 1.165) is 12.1 Å². The molecule has 3 N–H and O–H groups in total. The summed E-state index contributed by atoms with van der Waals surface area (Å²) < 4.78 is 48.0. The summed E-state index contributed by atoms with van der Waals surface area (Å²) in [4.78, 5) is 32.5. The number of carbonyl (C=O) groups is 2. The predicted molar refractivity (Wildman–Crippen MR) is 141 cm³/mol. The van der Waals surface area contributed by atoms with Crippen LogP contribution < -0.4 is 20.7 Å². The topological polar surface area (TPSA) is 110 Å². The van der Waals surface area contributed by atoms with E-state index < -0.39 is 17.8 Å². The van der Waals surface area contributed by atoms with Gasteiger partial charge in [0.05, 0.1) is 16.9 Å². The van der Waals surface area contributed by atoms with E-state index in [1.165, 1.54) is 36.1 Å². The molecule has 0 saturated carbocycles. The molecular formula is C24H17Br2F3N6O3. The Bertz CT molecular complexity index is 1490. The van der Waals surface area contributed by atoms with Crippen molar-refractivity contribution in [3.05, 3.63) is 87.6 Å². The van der Waals surface area contributed by atoms with Gasteiger partial charge in [0, 0.05) is 31.2 Å². The van der Waals surface area contributed by atoms with Crippen LogP contribution in [-0.2, 0) is 6.18 Å². The highest BCUT2D eigenvalue weighted by molar-refractivity contribution is 9.11. The number of hydrogen-bond acceptors (Lipinski definition) is 5. The van der Waals surface area contributed by atoms with Gasteiger partial charge in [-0.05, 0) is 80.4 Å². The highest BCUT2D eigenvalue weighted by Crippen LogP contribution is 2.35. The van der Waals surface area contributed by atoms with Crippen LogP contribution >= 0.6 is 31.9 Å². The number of benzene rings is 2. The van der Waals surface area contributed by atoms with Gasteiger partial charge in [-0.25, -0.2) is 9.78 Å². The van der Waals surface area contributed by atoms with Crippen molar-refractivity contribution in [3.8, 4) is 17.2 Å². The second-order valence-electron chi connectivity index (χ2n) is 7.59. The minimum atomic E-state index is -4.61. The Morgan fingerprint density at radius 1 is 0.974 bits per heavy atom. The molecule has 0 aliphatic heterocycles. The molecule has 9 nitrogen and oxygen atoms in total. The Balaban J connectivity index is 1.49. The number of rotatable bonds is 6. The largest absolute Gasteiger partial charge is 0.457 e. The molecule has 14 heteroatoms. The third-order valence-electron chi connectivity index (χ3n) is 5.00. The molecule has 0 spiro atoms. The van der Waals surface area contributed by atoms with E-state index in [0.29, 0.717) is 26.5 Å². The van der Waals surface area contributed by atoms with Gasteiger partial charge in [0.15, 0.2) is 4.73 Å². The molecular weight excluding hydrogens is 637 g/mol.